The Morgan fingerprint density at radius 2 is 1.94 bits per heavy atom. The van der Waals surface area contributed by atoms with E-state index in [0.29, 0.717) is 12.0 Å². The average Bonchev–Trinajstić information content (AvgIpc) is 2.38. The van der Waals surface area contributed by atoms with Crippen molar-refractivity contribution in [3.05, 3.63) is 60.7 Å². The molecule has 0 saturated carbocycles. The van der Waals surface area contributed by atoms with Crippen molar-refractivity contribution < 1.29 is 9.90 Å². The van der Waals surface area contributed by atoms with Gasteiger partial charge in [-0.15, -0.1) is 6.58 Å². The molecule has 1 aromatic rings. The van der Waals surface area contributed by atoms with Gasteiger partial charge < -0.3 is 5.11 Å². The van der Waals surface area contributed by atoms with Crippen LogP contribution < -0.4 is 0 Å². The standard InChI is InChI=1S/C9H10.C7H12O2/c1-2-6-9-7-4-3-5-8-9;1-3-4-5-6(2)7(8)9/h2-5,7-8H,1,6H2;2-5H2,1H3,(H,8,9). The fourth-order valence-corrected chi connectivity index (χ4v) is 1.28. The van der Waals surface area contributed by atoms with Gasteiger partial charge in [0.05, 0.1) is 0 Å². The van der Waals surface area contributed by atoms with E-state index in [1.165, 1.54) is 5.56 Å². The highest BCUT2D eigenvalue weighted by Crippen LogP contribution is 2.03. The van der Waals surface area contributed by atoms with Gasteiger partial charge in [0.2, 0.25) is 0 Å². The minimum absolute atomic E-state index is 0.317. The van der Waals surface area contributed by atoms with E-state index in [9.17, 15) is 4.79 Å². The van der Waals surface area contributed by atoms with Crippen molar-refractivity contribution in [2.75, 3.05) is 0 Å². The Balaban J connectivity index is 0.000000321. The molecule has 2 heteroatoms. The summed E-state index contributed by atoms with van der Waals surface area (Å²) in [5.41, 5.74) is 1.64. The lowest BCUT2D eigenvalue weighted by atomic mass is 10.1. The van der Waals surface area contributed by atoms with Crippen LogP contribution in [0.5, 0.6) is 0 Å². The van der Waals surface area contributed by atoms with Crippen molar-refractivity contribution in [2.24, 2.45) is 0 Å². The Labute approximate surface area is 110 Å². The van der Waals surface area contributed by atoms with Crippen LogP contribution in [-0.4, -0.2) is 11.1 Å². The predicted octanol–water partition coefficient (Wildman–Crippen LogP) is 4.23. The van der Waals surface area contributed by atoms with E-state index in [-0.39, 0.29) is 0 Å². The Morgan fingerprint density at radius 1 is 1.33 bits per heavy atom. The lowest BCUT2D eigenvalue weighted by molar-refractivity contribution is -0.132. The number of carboxylic acids is 1. The largest absolute Gasteiger partial charge is 0.478 e. The highest BCUT2D eigenvalue weighted by molar-refractivity contribution is 5.85. The molecular weight excluding hydrogens is 224 g/mol. The van der Waals surface area contributed by atoms with E-state index in [1.807, 2.05) is 31.2 Å². The summed E-state index contributed by atoms with van der Waals surface area (Å²) in [4.78, 5) is 10.1. The van der Waals surface area contributed by atoms with E-state index >= 15 is 0 Å². The minimum Gasteiger partial charge on any atom is -0.478 e. The van der Waals surface area contributed by atoms with E-state index in [2.05, 4.69) is 25.3 Å². The highest BCUT2D eigenvalue weighted by atomic mass is 16.4. The van der Waals surface area contributed by atoms with E-state index in [4.69, 9.17) is 5.11 Å². The van der Waals surface area contributed by atoms with E-state index in [0.717, 1.165) is 19.3 Å². The van der Waals surface area contributed by atoms with Crippen molar-refractivity contribution in [1.82, 2.24) is 0 Å². The molecule has 0 spiro atoms. The van der Waals surface area contributed by atoms with Crippen LogP contribution >= 0.6 is 0 Å². The van der Waals surface area contributed by atoms with Crippen LogP contribution in [0.1, 0.15) is 31.7 Å². The highest BCUT2D eigenvalue weighted by Gasteiger charge is 2.00. The average molecular weight is 246 g/mol. The van der Waals surface area contributed by atoms with Gasteiger partial charge in [-0.2, -0.15) is 0 Å². The number of allylic oxidation sites excluding steroid dienone is 1. The predicted molar refractivity (Wildman–Crippen MR) is 76.6 cm³/mol. The fraction of sp³-hybridized carbons (Fsp3) is 0.312. The number of aliphatic carboxylic acids is 1. The van der Waals surface area contributed by atoms with Crippen LogP contribution in [0.15, 0.2) is 55.1 Å². The van der Waals surface area contributed by atoms with Gasteiger partial charge in [0, 0.05) is 5.57 Å². The SMILES string of the molecule is C=C(CCCC)C(=O)O.C=CCc1ccccc1. The zero-order valence-corrected chi connectivity index (χ0v) is 11.1. The molecule has 0 aliphatic carbocycles. The molecule has 1 rings (SSSR count). The maximum Gasteiger partial charge on any atom is 0.330 e. The number of hydrogen-bond acceptors (Lipinski definition) is 1. The number of unbranched alkanes of at least 4 members (excludes halogenated alkanes) is 1. The van der Waals surface area contributed by atoms with Gasteiger partial charge in [-0.25, -0.2) is 4.79 Å². The molecule has 0 aliphatic rings. The molecule has 0 aliphatic heterocycles. The first kappa shape index (κ1) is 16.2. The maximum atomic E-state index is 10.1. The quantitative estimate of drug-likeness (QED) is 0.602. The summed E-state index contributed by atoms with van der Waals surface area (Å²) < 4.78 is 0. The summed E-state index contributed by atoms with van der Waals surface area (Å²) in [5.74, 6) is -0.872. The van der Waals surface area contributed by atoms with Crippen LogP contribution in [-0.2, 0) is 11.2 Å². The van der Waals surface area contributed by atoms with Gasteiger partial charge in [0.1, 0.15) is 0 Å². The summed E-state index contributed by atoms with van der Waals surface area (Å²) in [6, 6.07) is 10.3. The first-order valence-electron chi connectivity index (χ1n) is 6.17. The van der Waals surface area contributed by atoms with Crippen LogP contribution in [0.2, 0.25) is 0 Å². The third kappa shape index (κ3) is 8.34. The van der Waals surface area contributed by atoms with Gasteiger partial charge in [-0.05, 0) is 24.8 Å². The van der Waals surface area contributed by atoms with E-state index in [1.54, 1.807) is 0 Å². The van der Waals surface area contributed by atoms with Crippen LogP contribution in [0.25, 0.3) is 0 Å². The third-order valence-electron chi connectivity index (χ3n) is 2.36. The van der Waals surface area contributed by atoms with Crippen molar-refractivity contribution >= 4 is 5.97 Å². The maximum absolute atomic E-state index is 10.1. The van der Waals surface area contributed by atoms with Gasteiger partial charge in [0.25, 0.3) is 0 Å². The summed E-state index contributed by atoms with van der Waals surface area (Å²) in [5, 5.41) is 8.31. The molecule has 1 aromatic carbocycles. The van der Waals surface area contributed by atoms with Crippen LogP contribution in [0.3, 0.4) is 0 Å². The summed E-state index contributed by atoms with van der Waals surface area (Å²) in [7, 11) is 0. The second-order valence-corrected chi connectivity index (χ2v) is 3.99. The van der Waals surface area contributed by atoms with Crippen LogP contribution in [0.4, 0.5) is 0 Å². The molecule has 1 N–H and O–H groups in total. The fourth-order valence-electron chi connectivity index (χ4n) is 1.28. The Hall–Kier alpha value is -1.83. The molecule has 18 heavy (non-hydrogen) atoms. The van der Waals surface area contributed by atoms with Gasteiger partial charge in [-0.3, -0.25) is 0 Å². The van der Waals surface area contributed by atoms with Crippen LogP contribution in [0, 0.1) is 0 Å². The second-order valence-electron chi connectivity index (χ2n) is 3.99. The second kappa shape index (κ2) is 10.3. The number of carbonyl (C=O) groups is 1. The molecule has 0 fully saturated rings. The Kier molecular flexibility index (Phi) is 9.28. The summed E-state index contributed by atoms with van der Waals surface area (Å²) in [6.45, 7) is 9.07. The van der Waals surface area contributed by atoms with Crippen molar-refractivity contribution in [3.8, 4) is 0 Å². The molecule has 0 atom stereocenters. The van der Waals surface area contributed by atoms with Crippen molar-refractivity contribution in [3.63, 3.8) is 0 Å². The van der Waals surface area contributed by atoms with Gasteiger partial charge in [-0.1, -0.05) is 56.3 Å². The minimum atomic E-state index is -0.872. The van der Waals surface area contributed by atoms with E-state index < -0.39 is 5.97 Å². The number of benzene rings is 1. The molecule has 98 valence electrons. The Morgan fingerprint density at radius 3 is 2.39 bits per heavy atom. The number of rotatable bonds is 6. The number of hydrogen-bond donors (Lipinski definition) is 1. The summed E-state index contributed by atoms with van der Waals surface area (Å²) in [6.07, 6.45) is 5.44. The topological polar surface area (TPSA) is 37.3 Å². The first-order valence-corrected chi connectivity index (χ1v) is 6.17. The Bertz CT molecular complexity index is 366. The zero-order valence-electron chi connectivity index (χ0n) is 11.1. The normalized spacial score (nSPS) is 8.94. The zero-order chi connectivity index (χ0) is 13.8. The molecule has 0 saturated heterocycles. The molecule has 0 radical (unpaired) electrons. The first-order chi connectivity index (χ1) is 8.61. The molecule has 0 heterocycles. The molecule has 0 amide bonds. The summed E-state index contributed by atoms with van der Waals surface area (Å²) >= 11 is 0. The molecular formula is C16H22O2. The molecule has 2 nitrogen and oxygen atoms in total. The lowest BCUT2D eigenvalue weighted by Crippen LogP contribution is -1.97. The van der Waals surface area contributed by atoms with Crippen molar-refractivity contribution in [1.29, 1.82) is 0 Å². The van der Waals surface area contributed by atoms with Gasteiger partial charge in [0.15, 0.2) is 0 Å². The molecule has 0 unspecified atom stereocenters. The van der Waals surface area contributed by atoms with Gasteiger partial charge >= 0.3 is 5.97 Å². The molecule has 0 bridgehead atoms. The third-order valence-corrected chi connectivity index (χ3v) is 2.36. The lowest BCUT2D eigenvalue weighted by Gasteiger charge is -1.95. The smallest absolute Gasteiger partial charge is 0.330 e. The monoisotopic (exact) mass is 246 g/mol. The molecule has 0 aromatic heterocycles. The number of carboxylic acid groups (broad SMARTS) is 1. The van der Waals surface area contributed by atoms with Crippen molar-refractivity contribution in [2.45, 2.75) is 32.6 Å².